The van der Waals surface area contributed by atoms with E-state index in [0.717, 1.165) is 12.1 Å². The minimum atomic E-state index is 0.509. The quantitative estimate of drug-likeness (QED) is 0.398. The molecule has 2 nitrogen and oxygen atoms in total. The van der Waals surface area contributed by atoms with E-state index in [-0.39, 0.29) is 0 Å². The van der Waals surface area contributed by atoms with Crippen LogP contribution in [0.1, 0.15) is 122 Å². The van der Waals surface area contributed by atoms with E-state index >= 15 is 0 Å². The van der Waals surface area contributed by atoms with Crippen molar-refractivity contribution < 1.29 is 0 Å². The predicted octanol–water partition coefficient (Wildman–Crippen LogP) is 9.70. The molecular weight excluding hydrogens is 376 g/mol. The van der Waals surface area contributed by atoms with Crippen molar-refractivity contribution in [3.8, 4) is 0 Å². The molecule has 0 aliphatic carbocycles. The van der Waals surface area contributed by atoms with Gasteiger partial charge in [0.1, 0.15) is 0 Å². The third-order valence-corrected chi connectivity index (χ3v) is 5.66. The zero-order valence-electron chi connectivity index (χ0n) is 21.6. The number of hydrogen-bond acceptors (Lipinski definition) is 2. The Morgan fingerprint density at radius 1 is 0.677 bits per heavy atom. The Kier molecular flexibility index (Phi) is 10.9. The molecule has 0 radical (unpaired) electrons. The van der Waals surface area contributed by atoms with E-state index in [4.69, 9.17) is 4.99 Å². The predicted molar refractivity (Wildman–Crippen MR) is 142 cm³/mol. The van der Waals surface area contributed by atoms with Crippen LogP contribution in [-0.4, -0.2) is 12.4 Å². The molecule has 0 bridgehead atoms. The van der Waals surface area contributed by atoms with Crippen LogP contribution in [0.4, 0.5) is 11.4 Å². The molecule has 170 valence electrons. The van der Waals surface area contributed by atoms with E-state index in [0.29, 0.717) is 23.7 Å². The van der Waals surface area contributed by atoms with Crippen molar-refractivity contribution in [3.05, 3.63) is 58.7 Å². The Morgan fingerprint density at radius 2 is 1.00 bits per heavy atom. The molecule has 2 aromatic carbocycles. The fourth-order valence-corrected chi connectivity index (χ4v) is 3.61. The van der Waals surface area contributed by atoms with Crippen LogP contribution >= 0.6 is 0 Å². The molecule has 0 aliphatic rings. The number of benzene rings is 2. The summed E-state index contributed by atoms with van der Waals surface area (Å²) >= 11 is 0. The molecule has 2 rings (SSSR count). The Balaban J connectivity index is 0.000000316. The zero-order valence-corrected chi connectivity index (χ0v) is 21.6. The lowest BCUT2D eigenvalue weighted by Gasteiger charge is -2.16. The highest BCUT2D eigenvalue weighted by atomic mass is 14.8. The maximum Gasteiger partial charge on any atom is 0.0698 e. The van der Waals surface area contributed by atoms with Gasteiger partial charge in [0, 0.05) is 5.71 Å². The summed E-state index contributed by atoms with van der Waals surface area (Å²) in [6, 6.07) is 13.0. The molecule has 0 fully saturated rings. The Hall–Kier alpha value is -2.22. The van der Waals surface area contributed by atoms with Crippen LogP contribution < -0.4 is 0 Å². The van der Waals surface area contributed by atoms with E-state index in [1.807, 2.05) is 0 Å². The molecule has 2 aromatic rings. The third kappa shape index (κ3) is 7.45. The fourth-order valence-electron chi connectivity index (χ4n) is 3.61. The van der Waals surface area contributed by atoms with Gasteiger partial charge in [0.15, 0.2) is 0 Å². The van der Waals surface area contributed by atoms with Crippen LogP contribution in [0.2, 0.25) is 0 Å². The highest BCUT2D eigenvalue weighted by Crippen LogP contribution is 2.35. The average Bonchev–Trinajstić information content (AvgIpc) is 2.72. The first-order valence-electron chi connectivity index (χ1n) is 11.8. The van der Waals surface area contributed by atoms with Crippen LogP contribution in [-0.2, 0) is 0 Å². The zero-order chi connectivity index (χ0) is 23.7. The van der Waals surface area contributed by atoms with E-state index in [2.05, 4.69) is 117 Å². The summed E-state index contributed by atoms with van der Waals surface area (Å²) in [6.45, 7) is 25.6. The molecule has 31 heavy (non-hydrogen) atoms. The molecule has 0 aromatic heterocycles. The second-order valence-electron chi connectivity index (χ2n) is 9.55. The maximum atomic E-state index is 4.84. The topological polar surface area (TPSA) is 24.7 Å². The molecule has 0 saturated heterocycles. The molecule has 0 N–H and O–H groups in total. The van der Waals surface area contributed by atoms with Gasteiger partial charge in [0.05, 0.1) is 11.4 Å². The van der Waals surface area contributed by atoms with Gasteiger partial charge >= 0.3 is 0 Å². The normalized spacial score (nSPS) is 11.9. The largest absolute Gasteiger partial charge is 0.264 e. The van der Waals surface area contributed by atoms with Crippen LogP contribution in [0.5, 0.6) is 0 Å². The lowest BCUT2D eigenvalue weighted by molar-refractivity contribution is 0.834. The number of nitrogens with zero attached hydrogens (tertiary/aromatic N) is 2. The van der Waals surface area contributed by atoms with Crippen molar-refractivity contribution in [2.45, 2.75) is 99.3 Å². The fraction of sp³-hybridized carbons (Fsp3) is 0.517. The van der Waals surface area contributed by atoms with Crippen LogP contribution in [0.25, 0.3) is 0 Å². The summed E-state index contributed by atoms with van der Waals surface area (Å²) < 4.78 is 0. The molecule has 2 heteroatoms. The minimum Gasteiger partial charge on any atom is -0.264 e. The van der Waals surface area contributed by atoms with Gasteiger partial charge in [-0.25, -0.2) is 0 Å². The maximum absolute atomic E-state index is 4.84. The first-order valence-corrected chi connectivity index (χ1v) is 11.8. The van der Waals surface area contributed by atoms with Crippen LogP contribution in [0.15, 0.2) is 46.4 Å². The second kappa shape index (κ2) is 12.6. The first-order chi connectivity index (χ1) is 14.5. The molecule has 0 saturated carbocycles. The van der Waals surface area contributed by atoms with Crippen LogP contribution in [0.3, 0.4) is 0 Å². The van der Waals surface area contributed by atoms with Gasteiger partial charge in [-0.1, -0.05) is 98.7 Å². The average molecular weight is 421 g/mol. The van der Waals surface area contributed by atoms with Gasteiger partial charge in [-0.05, 0) is 66.0 Å². The Labute approximate surface area is 191 Å². The van der Waals surface area contributed by atoms with Crippen molar-refractivity contribution in [3.63, 3.8) is 0 Å². The molecule has 0 atom stereocenters. The third-order valence-electron chi connectivity index (χ3n) is 5.66. The standard InChI is InChI=1S/C16H25N.C13H19N/c1-7-13(6)17-16-14(11(2)3)9-8-10-15(16)12(4)5;1-9(2)11-7-6-8-12(10(3)4)13(11)14-5/h8-12H,7H2,1-6H3;6-10H,5H2,1-4H3. The van der Waals surface area contributed by atoms with Crippen molar-refractivity contribution in [2.24, 2.45) is 9.98 Å². The minimum absolute atomic E-state index is 0.509. The summed E-state index contributed by atoms with van der Waals surface area (Å²) in [4.78, 5) is 9.00. The monoisotopic (exact) mass is 420 g/mol. The molecule has 0 unspecified atom stereocenters. The van der Waals surface area contributed by atoms with Crippen molar-refractivity contribution in [2.75, 3.05) is 0 Å². The molecule has 0 aliphatic heterocycles. The summed E-state index contributed by atoms with van der Waals surface area (Å²) in [5, 5.41) is 0. The van der Waals surface area contributed by atoms with E-state index < -0.39 is 0 Å². The van der Waals surface area contributed by atoms with Gasteiger partial charge in [-0.2, -0.15) is 0 Å². The smallest absolute Gasteiger partial charge is 0.0698 e. The molecule has 0 spiro atoms. The van der Waals surface area contributed by atoms with E-state index in [9.17, 15) is 0 Å². The highest BCUT2D eigenvalue weighted by Gasteiger charge is 2.13. The van der Waals surface area contributed by atoms with Gasteiger partial charge in [0.2, 0.25) is 0 Å². The summed E-state index contributed by atoms with van der Waals surface area (Å²) in [5.74, 6) is 2.07. The summed E-state index contributed by atoms with van der Waals surface area (Å²) in [5.41, 5.74) is 8.82. The SMILES string of the molecule is C=Nc1c(C(C)C)cccc1C(C)C.CCC(C)=Nc1c(C(C)C)cccc1C(C)C. The molecule has 0 heterocycles. The van der Waals surface area contributed by atoms with Gasteiger partial charge in [-0.3, -0.25) is 9.98 Å². The van der Waals surface area contributed by atoms with E-state index in [1.165, 1.54) is 33.7 Å². The number of aliphatic imine (C=N–C) groups is 2. The Bertz CT molecular complexity index is 818. The lowest BCUT2D eigenvalue weighted by Crippen LogP contribution is -1.97. The van der Waals surface area contributed by atoms with Gasteiger partial charge in [-0.15, -0.1) is 0 Å². The second-order valence-corrected chi connectivity index (χ2v) is 9.55. The number of hydrogen-bond donors (Lipinski definition) is 0. The van der Waals surface area contributed by atoms with Gasteiger partial charge in [0.25, 0.3) is 0 Å². The number of rotatable bonds is 7. The molecular formula is C29H44N2. The lowest BCUT2D eigenvalue weighted by atomic mass is 9.93. The van der Waals surface area contributed by atoms with E-state index in [1.54, 1.807) is 0 Å². The van der Waals surface area contributed by atoms with Crippen molar-refractivity contribution in [1.82, 2.24) is 0 Å². The number of para-hydroxylation sites is 2. The van der Waals surface area contributed by atoms with Crippen molar-refractivity contribution >= 4 is 23.8 Å². The van der Waals surface area contributed by atoms with Crippen LogP contribution in [0, 0.1) is 0 Å². The summed E-state index contributed by atoms with van der Waals surface area (Å²) in [6.07, 6.45) is 1.02. The van der Waals surface area contributed by atoms with Gasteiger partial charge < -0.3 is 0 Å². The van der Waals surface area contributed by atoms with Crippen molar-refractivity contribution in [1.29, 1.82) is 0 Å². The molecule has 0 amide bonds. The summed E-state index contributed by atoms with van der Waals surface area (Å²) in [7, 11) is 0. The Morgan fingerprint density at radius 3 is 1.26 bits per heavy atom. The highest BCUT2D eigenvalue weighted by molar-refractivity contribution is 5.85. The first kappa shape index (κ1) is 26.8.